The van der Waals surface area contributed by atoms with Crippen LogP contribution in [0.2, 0.25) is 0 Å². The molecular weight excluding hydrogens is 359 g/mol. The van der Waals surface area contributed by atoms with Gasteiger partial charge in [-0.3, -0.25) is 4.79 Å². The number of esters is 1. The number of carbonyl (C=O) groups excluding carboxylic acids is 2. The fourth-order valence-corrected chi connectivity index (χ4v) is 3.93. The fraction of sp³-hybridized carbons (Fsp3) is 0.300. The Morgan fingerprint density at radius 1 is 1.07 bits per heavy atom. The molecule has 1 fully saturated rings. The Morgan fingerprint density at radius 3 is 2.56 bits per heavy atom. The first-order valence-electron chi connectivity index (χ1n) is 8.60. The zero-order valence-corrected chi connectivity index (χ0v) is 14.3. The van der Waals surface area contributed by atoms with Gasteiger partial charge in [-0.2, -0.15) is 13.2 Å². The molecule has 2 aliphatic heterocycles. The first-order chi connectivity index (χ1) is 12.8. The minimum absolute atomic E-state index is 0.0424. The molecule has 1 spiro atoms. The third-order valence-electron chi connectivity index (χ3n) is 5.13. The summed E-state index contributed by atoms with van der Waals surface area (Å²) in [6.45, 7) is 0.354. The molecule has 1 saturated heterocycles. The van der Waals surface area contributed by atoms with Crippen LogP contribution in [0.1, 0.15) is 44.7 Å². The molecule has 140 valence electrons. The van der Waals surface area contributed by atoms with E-state index in [0.29, 0.717) is 30.5 Å². The number of alkyl halides is 3. The average molecular weight is 375 g/mol. The van der Waals surface area contributed by atoms with Gasteiger partial charge in [-0.25, -0.2) is 4.79 Å². The van der Waals surface area contributed by atoms with Crippen molar-refractivity contribution in [2.75, 3.05) is 13.1 Å². The normalized spacial score (nSPS) is 21.9. The lowest BCUT2D eigenvalue weighted by molar-refractivity contribution is -0.138. The Hall–Kier alpha value is -2.83. The summed E-state index contributed by atoms with van der Waals surface area (Å²) in [6.07, 6.45) is -3.56. The van der Waals surface area contributed by atoms with Crippen LogP contribution in [-0.2, 0) is 16.5 Å². The first-order valence-corrected chi connectivity index (χ1v) is 8.60. The lowest BCUT2D eigenvalue weighted by Gasteiger charge is -2.39. The summed E-state index contributed by atoms with van der Waals surface area (Å²) in [5, 5.41) is 0. The molecule has 2 aliphatic rings. The maximum atomic E-state index is 13.3. The largest absolute Gasteiger partial charge is 0.449 e. The highest BCUT2D eigenvalue weighted by molar-refractivity contribution is 5.97. The van der Waals surface area contributed by atoms with Gasteiger partial charge in [0, 0.05) is 12.1 Å². The third kappa shape index (κ3) is 2.87. The lowest BCUT2D eigenvalue weighted by Crippen LogP contribution is -2.49. The van der Waals surface area contributed by atoms with Crippen molar-refractivity contribution < 1.29 is 27.5 Å². The summed E-state index contributed by atoms with van der Waals surface area (Å²) in [4.78, 5) is 26.4. The molecule has 1 atom stereocenters. The number of hydrogen-bond acceptors (Lipinski definition) is 3. The first kappa shape index (κ1) is 17.6. The number of hydrogen-bond donors (Lipinski definition) is 0. The monoisotopic (exact) mass is 375 g/mol. The molecule has 0 bridgehead atoms. The van der Waals surface area contributed by atoms with Crippen molar-refractivity contribution in [2.45, 2.75) is 24.6 Å². The van der Waals surface area contributed by atoms with E-state index in [9.17, 15) is 22.8 Å². The van der Waals surface area contributed by atoms with Crippen molar-refractivity contribution in [3.8, 4) is 0 Å². The van der Waals surface area contributed by atoms with E-state index in [1.807, 2.05) is 0 Å². The van der Waals surface area contributed by atoms with Gasteiger partial charge in [0.25, 0.3) is 5.91 Å². The zero-order valence-electron chi connectivity index (χ0n) is 14.3. The van der Waals surface area contributed by atoms with E-state index >= 15 is 0 Å². The maximum Gasteiger partial charge on any atom is 0.417 e. The van der Waals surface area contributed by atoms with Crippen molar-refractivity contribution in [3.63, 3.8) is 0 Å². The molecule has 0 N–H and O–H groups in total. The zero-order chi connectivity index (χ0) is 19.2. The van der Waals surface area contributed by atoms with Crippen LogP contribution >= 0.6 is 0 Å². The summed E-state index contributed by atoms with van der Waals surface area (Å²) < 4.78 is 45.5. The number of benzene rings is 2. The summed E-state index contributed by atoms with van der Waals surface area (Å²) >= 11 is 0. The van der Waals surface area contributed by atoms with Crippen LogP contribution < -0.4 is 0 Å². The lowest BCUT2D eigenvalue weighted by atomic mass is 9.84. The van der Waals surface area contributed by atoms with Crippen LogP contribution in [0.4, 0.5) is 13.2 Å². The van der Waals surface area contributed by atoms with E-state index < -0.39 is 29.2 Å². The summed E-state index contributed by atoms with van der Waals surface area (Å²) in [7, 11) is 0. The second kappa shape index (κ2) is 6.11. The highest BCUT2D eigenvalue weighted by atomic mass is 19.4. The minimum Gasteiger partial charge on any atom is -0.449 e. The highest BCUT2D eigenvalue weighted by Crippen LogP contribution is 2.43. The molecule has 0 saturated carbocycles. The summed E-state index contributed by atoms with van der Waals surface area (Å²) in [6, 6.07) is 11.7. The Balaban J connectivity index is 1.68. The van der Waals surface area contributed by atoms with Crippen molar-refractivity contribution in [3.05, 3.63) is 70.8 Å². The molecule has 27 heavy (non-hydrogen) atoms. The minimum atomic E-state index is -4.62. The molecule has 7 heteroatoms. The number of amides is 1. The van der Waals surface area contributed by atoms with Crippen molar-refractivity contribution in [1.82, 2.24) is 4.90 Å². The summed E-state index contributed by atoms with van der Waals surface area (Å²) in [5.41, 5.74) is -1.20. The molecular formula is C20H16F3NO3. The fourth-order valence-electron chi connectivity index (χ4n) is 3.93. The van der Waals surface area contributed by atoms with Gasteiger partial charge in [-0.05, 0) is 31.0 Å². The Kier molecular flexibility index (Phi) is 3.98. The Labute approximate surface area is 153 Å². The van der Waals surface area contributed by atoms with Crippen LogP contribution in [0.15, 0.2) is 48.5 Å². The van der Waals surface area contributed by atoms with Crippen LogP contribution in [0.3, 0.4) is 0 Å². The van der Waals surface area contributed by atoms with Gasteiger partial charge in [0.2, 0.25) is 0 Å². The number of halogens is 3. The van der Waals surface area contributed by atoms with Gasteiger partial charge in [0.05, 0.1) is 23.2 Å². The maximum absolute atomic E-state index is 13.3. The standard InChI is InChI=1S/C20H16F3NO3/c21-20(22,23)16-9-4-1-6-13(16)17(25)24-11-5-10-19(12-24)15-8-3-2-7-14(15)18(26)27-19/h1-4,6-9H,5,10-12H2/t19-/m1/s1. The Bertz CT molecular complexity index is 925. The number of fused-ring (bicyclic) bond motifs is 2. The number of rotatable bonds is 1. The number of carbonyl (C=O) groups is 2. The molecule has 0 aromatic heterocycles. The number of piperidine rings is 1. The van der Waals surface area contributed by atoms with Crippen LogP contribution in [0.25, 0.3) is 0 Å². The third-order valence-corrected chi connectivity index (χ3v) is 5.13. The number of ether oxygens (including phenoxy) is 1. The quantitative estimate of drug-likeness (QED) is 0.708. The van der Waals surface area contributed by atoms with E-state index in [1.165, 1.54) is 23.1 Å². The van der Waals surface area contributed by atoms with Gasteiger partial charge in [-0.15, -0.1) is 0 Å². The van der Waals surface area contributed by atoms with E-state index in [1.54, 1.807) is 24.3 Å². The van der Waals surface area contributed by atoms with E-state index in [0.717, 1.165) is 6.07 Å². The highest BCUT2D eigenvalue weighted by Gasteiger charge is 2.49. The van der Waals surface area contributed by atoms with Gasteiger partial charge in [0.15, 0.2) is 5.60 Å². The Morgan fingerprint density at radius 2 is 1.78 bits per heavy atom. The molecule has 4 nitrogen and oxygen atoms in total. The van der Waals surface area contributed by atoms with E-state index in [4.69, 9.17) is 4.74 Å². The summed E-state index contributed by atoms with van der Waals surface area (Å²) in [5.74, 6) is -1.17. The second-order valence-corrected chi connectivity index (χ2v) is 6.80. The van der Waals surface area contributed by atoms with E-state index in [-0.39, 0.29) is 12.1 Å². The van der Waals surface area contributed by atoms with Gasteiger partial charge < -0.3 is 9.64 Å². The van der Waals surface area contributed by atoms with Gasteiger partial charge in [0.1, 0.15) is 0 Å². The van der Waals surface area contributed by atoms with E-state index in [2.05, 4.69) is 0 Å². The van der Waals surface area contributed by atoms with Gasteiger partial charge >= 0.3 is 12.1 Å². The second-order valence-electron chi connectivity index (χ2n) is 6.80. The molecule has 1 amide bonds. The van der Waals surface area contributed by atoms with Crippen LogP contribution in [-0.4, -0.2) is 29.9 Å². The SMILES string of the molecule is O=C1O[C@@]2(CCCN(C(=O)c3ccccc3C(F)(F)F)C2)c2ccccc21. The van der Waals surface area contributed by atoms with Crippen molar-refractivity contribution in [1.29, 1.82) is 0 Å². The van der Waals surface area contributed by atoms with Crippen molar-refractivity contribution in [2.24, 2.45) is 0 Å². The van der Waals surface area contributed by atoms with Crippen LogP contribution in [0, 0.1) is 0 Å². The molecule has 0 radical (unpaired) electrons. The molecule has 2 aromatic carbocycles. The average Bonchev–Trinajstić information content (AvgIpc) is 2.92. The van der Waals surface area contributed by atoms with Crippen molar-refractivity contribution >= 4 is 11.9 Å². The smallest absolute Gasteiger partial charge is 0.417 e. The molecule has 2 heterocycles. The predicted molar refractivity (Wildman–Crippen MR) is 90.1 cm³/mol. The number of nitrogens with zero attached hydrogens (tertiary/aromatic N) is 1. The molecule has 0 unspecified atom stereocenters. The van der Waals surface area contributed by atoms with Gasteiger partial charge in [-0.1, -0.05) is 30.3 Å². The molecule has 2 aromatic rings. The molecule has 0 aliphatic carbocycles. The van der Waals surface area contributed by atoms with Crippen LogP contribution in [0.5, 0.6) is 0 Å². The predicted octanol–water partition coefficient (Wildman–Crippen LogP) is 4.01. The topological polar surface area (TPSA) is 46.6 Å². The number of likely N-dealkylation sites (tertiary alicyclic amines) is 1. The molecule has 4 rings (SSSR count).